The van der Waals surface area contributed by atoms with E-state index in [9.17, 15) is 13.2 Å². The molecular formula is C13H24F3NO. The van der Waals surface area contributed by atoms with E-state index in [-0.39, 0.29) is 6.61 Å². The van der Waals surface area contributed by atoms with Crippen LogP contribution in [0.15, 0.2) is 0 Å². The Morgan fingerprint density at radius 1 is 1.17 bits per heavy atom. The normalized spacial score (nSPS) is 26.0. The Bertz CT molecular complexity index is 221. The molecule has 2 unspecified atom stereocenters. The Labute approximate surface area is 107 Å². The number of alkyl halides is 3. The lowest BCUT2D eigenvalue weighted by Gasteiger charge is -2.25. The Morgan fingerprint density at radius 3 is 2.56 bits per heavy atom. The van der Waals surface area contributed by atoms with Gasteiger partial charge in [0.25, 0.3) is 0 Å². The van der Waals surface area contributed by atoms with Crippen LogP contribution >= 0.6 is 0 Å². The van der Waals surface area contributed by atoms with E-state index in [2.05, 4.69) is 12.2 Å². The second kappa shape index (κ2) is 8.00. The highest BCUT2D eigenvalue weighted by Gasteiger charge is 2.28. The van der Waals surface area contributed by atoms with Gasteiger partial charge in [-0.25, -0.2) is 0 Å². The highest BCUT2D eigenvalue weighted by atomic mass is 19.4. The summed E-state index contributed by atoms with van der Waals surface area (Å²) in [5.74, 6) is 0.459. The van der Waals surface area contributed by atoms with Gasteiger partial charge in [-0.15, -0.1) is 0 Å². The number of hydrogen-bond acceptors (Lipinski definition) is 2. The minimum absolute atomic E-state index is 0.214. The molecule has 0 saturated heterocycles. The molecule has 2 atom stereocenters. The Hall–Kier alpha value is -0.290. The molecule has 0 radical (unpaired) electrons. The lowest BCUT2D eigenvalue weighted by molar-refractivity contribution is -0.174. The van der Waals surface area contributed by atoms with E-state index in [0.29, 0.717) is 12.0 Å². The van der Waals surface area contributed by atoms with Crippen LogP contribution in [-0.2, 0) is 4.74 Å². The number of hydrogen-bond donors (Lipinski definition) is 1. The molecule has 0 aromatic heterocycles. The summed E-state index contributed by atoms with van der Waals surface area (Å²) in [7, 11) is 0. The first-order chi connectivity index (χ1) is 8.53. The van der Waals surface area contributed by atoms with Crippen molar-refractivity contribution < 1.29 is 17.9 Å². The van der Waals surface area contributed by atoms with Gasteiger partial charge in [-0.2, -0.15) is 13.2 Å². The van der Waals surface area contributed by atoms with Crippen LogP contribution in [0.25, 0.3) is 0 Å². The summed E-state index contributed by atoms with van der Waals surface area (Å²) in [6.45, 7) is 2.09. The number of nitrogens with one attached hydrogen (secondary N) is 1. The second-order valence-corrected chi connectivity index (χ2v) is 5.02. The SMILES string of the molecule is CCNC1CCCCCC1CCOCC(F)(F)F. The van der Waals surface area contributed by atoms with Crippen molar-refractivity contribution in [3.05, 3.63) is 0 Å². The summed E-state index contributed by atoms with van der Waals surface area (Å²) in [5, 5.41) is 3.45. The van der Waals surface area contributed by atoms with E-state index in [4.69, 9.17) is 4.74 Å². The molecule has 1 N–H and O–H groups in total. The molecule has 1 aliphatic carbocycles. The number of ether oxygens (including phenoxy) is 1. The third-order valence-corrected chi connectivity index (χ3v) is 3.52. The first-order valence-corrected chi connectivity index (χ1v) is 6.91. The summed E-state index contributed by atoms with van der Waals surface area (Å²) in [5.41, 5.74) is 0. The predicted molar refractivity (Wildman–Crippen MR) is 65.5 cm³/mol. The minimum Gasteiger partial charge on any atom is -0.372 e. The third kappa shape index (κ3) is 6.59. The zero-order valence-electron chi connectivity index (χ0n) is 11.1. The molecule has 0 bridgehead atoms. The van der Waals surface area contributed by atoms with Crippen molar-refractivity contribution in [2.24, 2.45) is 5.92 Å². The maximum absolute atomic E-state index is 11.9. The molecule has 0 aromatic rings. The molecule has 108 valence electrons. The summed E-state index contributed by atoms with van der Waals surface area (Å²) in [6, 6.07) is 0.451. The monoisotopic (exact) mass is 267 g/mol. The van der Waals surface area contributed by atoms with Crippen LogP contribution in [0.4, 0.5) is 13.2 Å². The van der Waals surface area contributed by atoms with Crippen molar-refractivity contribution in [2.75, 3.05) is 19.8 Å². The quantitative estimate of drug-likeness (QED) is 0.587. The van der Waals surface area contributed by atoms with Gasteiger partial charge in [-0.05, 0) is 31.7 Å². The lowest BCUT2D eigenvalue weighted by atomic mass is 9.92. The predicted octanol–water partition coefficient (Wildman–Crippen LogP) is 3.51. The molecule has 0 spiro atoms. The van der Waals surface area contributed by atoms with Crippen molar-refractivity contribution in [1.82, 2.24) is 5.32 Å². The Balaban J connectivity index is 2.27. The number of rotatable bonds is 6. The van der Waals surface area contributed by atoms with Gasteiger partial charge in [0, 0.05) is 12.6 Å². The van der Waals surface area contributed by atoms with Gasteiger partial charge in [0.1, 0.15) is 6.61 Å². The summed E-state index contributed by atoms with van der Waals surface area (Å²) < 4.78 is 40.6. The van der Waals surface area contributed by atoms with Gasteiger partial charge in [-0.1, -0.05) is 26.2 Å². The molecule has 5 heteroatoms. The minimum atomic E-state index is -4.20. The summed E-state index contributed by atoms with van der Waals surface area (Å²) in [4.78, 5) is 0. The second-order valence-electron chi connectivity index (χ2n) is 5.02. The van der Waals surface area contributed by atoms with Crippen LogP contribution in [-0.4, -0.2) is 32.0 Å². The van der Waals surface area contributed by atoms with Gasteiger partial charge >= 0.3 is 6.18 Å². The standard InChI is InChI=1S/C13H24F3NO/c1-2-17-12-7-5-3-4-6-11(12)8-9-18-10-13(14,15)16/h11-12,17H,2-10H2,1H3. The molecule has 18 heavy (non-hydrogen) atoms. The zero-order chi connectivity index (χ0) is 13.4. The van der Waals surface area contributed by atoms with E-state index in [0.717, 1.165) is 25.8 Å². The maximum Gasteiger partial charge on any atom is 0.411 e. The largest absolute Gasteiger partial charge is 0.411 e. The van der Waals surface area contributed by atoms with Crippen molar-refractivity contribution in [3.63, 3.8) is 0 Å². The van der Waals surface area contributed by atoms with Gasteiger partial charge in [0.15, 0.2) is 0 Å². The first kappa shape index (κ1) is 15.8. The molecular weight excluding hydrogens is 243 g/mol. The van der Waals surface area contributed by atoms with Crippen molar-refractivity contribution >= 4 is 0 Å². The molecule has 1 aliphatic rings. The Kier molecular flexibility index (Phi) is 7.00. The molecule has 0 aromatic carbocycles. The van der Waals surface area contributed by atoms with Crippen LogP contribution in [0.3, 0.4) is 0 Å². The highest BCUT2D eigenvalue weighted by molar-refractivity contribution is 4.79. The van der Waals surface area contributed by atoms with Gasteiger partial charge in [0.05, 0.1) is 0 Å². The zero-order valence-corrected chi connectivity index (χ0v) is 11.1. The molecule has 2 nitrogen and oxygen atoms in total. The van der Waals surface area contributed by atoms with E-state index in [1.807, 2.05) is 0 Å². The van der Waals surface area contributed by atoms with E-state index < -0.39 is 12.8 Å². The average Bonchev–Trinajstić information content (AvgIpc) is 2.50. The fourth-order valence-corrected chi connectivity index (χ4v) is 2.68. The van der Waals surface area contributed by atoms with E-state index in [1.54, 1.807) is 0 Å². The summed E-state index contributed by atoms with van der Waals surface area (Å²) >= 11 is 0. The number of halogens is 3. The van der Waals surface area contributed by atoms with Crippen LogP contribution < -0.4 is 5.32 Å². The van der Waals surface area contributed by atoms with Crippen LogP contribution in [0.1, 0.15) is 45.4 Å². The van der Waals surface area contributed by atoms with Crippen molar-refractivity contribution in [1.29, 1.82) is 0 Å². The van der Waals surface area contributed by atoms with Gasteiger partial charge in [-0.3, -0.25) is 0 Å². The third-order valence-electron chi connectivity index (χ3n) is 3.52. The van der Waals surface area contributed by atoms with E-state index >= 15 is 0 Å². The Morgan fingerprint density at radius 2 is 1.89 bits per heavy atom. The summed E-state index contributed by atoms with van der Waals surface area (Å²) in [6.07, 6.45) is 2.41. The average molecular weight is 267 g/mol. The van der Waals surface area contributed by atoms with E-state index in [1.165, 1.54) is 19.3 Å². The lowest BCUT2D eigenvalue weighted by Crippen LogP contribution is -2.36. The fraction of sp³-hybridized carbons (Fsp3) is 1.00. The smallest absolute Gasteiger partial charge is 0.372 e. The highest BCUT2D eigenvalue weighted by Crippen LogP contribution is 2.26. The molecule has 1 rings (SSSR count). The van der Waals surface area contributed by atoms with Crippen molar-refractivity contribution in [3.8, 4) is 0 Å². The van der Waals surface area contributed by atoms with Crippen LogP contribution in [0.2, 0.25) is 0 Å². The topological polar surface area (TPSA) is 21.3 Å². The molecule has 0 amide bonds. The fourth-order valence-electron chi connectivity index (χ4n) is 2.68. The maximum atomic E-state index is 11.9. The molecule has 0 heterocycles. The van der Waals surface area contributed by atoms with Crippen LogP contribution in [0.5, 0.6) is 0 Å². The van der Waals surface area contributed by atoms with Crippen LogP contribution in [0, 0.1) is 5.92 Å². The molecule has 0 aliphatic heterocycles. The van der Waals surface area contributed by atoms with Crippen molar-refractivity contribution in [2.45, 2.75) is 57.7 Å². The van der Waals surface area contributed by atoms with Gasteiger partial charge in [0.2, 0.25) is 0 Å². The molecule has 1 saturated carbocycles. The van der Waals surface area contributed by atoms with Gasteiger partial charge < -0.3 is 10.1 Å². The first-order valence-electron chi connectivity index (χ1n) is 6.91. The molecule has 1 fully saturated rings.